The van der Waals surface area contributed by atoms with Crippen LogP contribution >= 0.6 is 0 Å². The first kappa shape index (κ1) is 20.5. The summed E-state index contributed by atoms with van der Waals surface area (Å²) in [6, 6.07) is 0. The Labute approximate surface area is 157 Å². The van der Waals surface area contributed by atoms with Crippen LogP contribution in [0.25, 0.3) is 0 Å². The fourth-order valence-electron chi connectivity index (χ4n) is 5.64. The summed E-state index contributed by atoms with van der Waals surface area (Å²) in [5.41, 5.74) is -0.802. The second kappa shape index (κ2) is 7.64. The third-order valence-corrected chi connectivity index (χ3v) is 7.22. The fourth-order valence-corrected chi connectivity index (χ4v) is 5.64. The maximum Gasteiger partial charge on any atom is 0.159 e. The van der Waals surface area contributed by atoms with Crippen LogP contribution in [0.3, 0.4) is 0 Å². The third-order valence-electron chi connectivity index (χ3n) is 7.22. The zero-order valence-corrected chi connectivity index (χ0v) is 16.5. The van der Waals surface area contributed by atoms with Crippen molar-refractivity contribution in [1.82, 2.24) is 5.32 Å². The van der Waals surface area contributed by atoms with E-state index in [-0.39, 0.29) is 16.4 Å². The average Bonchev–Trinajstić information content (AvgIpc) is 2.56. The lowest BCUT2D eigenvalue weighted by Crippen LogP contribution is -2.60. The average molecular weight is 372 g/mol. The quantitative estimate of drug-likeness (QED) is 0.347. The van der Waals surface area contributed by atoms with Gasteiger partial charge in [-0.25, -0.2) is 0 Å². The summed E-state index contributed by atoms with van der Waals surface area (Å²) in [4.78, 5) is 0. The van der Waals surface area contributed by atoms with Gasteiger partial charge >= 0.3 is 0 Å². The smallest absolute Gasteiger partial charge is 0.159 e. The first-order valence-electron chi connectivity index (χ1n) is 10.2. The van der Waals surface area contributed by atoms with Crippen LogP contribution in [0.2, 0.25) is 0 Å². The first-order valence-corrected chi connectivity index (χ1v) is 10.2. The number of aliphatic hydroxyl groups excluding tert-OH is 2. The van der Waals surface area contributed by atoms with Crippen molar-refractivity contribution in [2.75, 3.05) is 19.9 Å². The number of hydrogen-bond acceptors (Lipinski definition) is 6. The van der Waals surface area contributed by atoms with E-state index in [0.29, 0.717) is 31.7 Å². The Morgan fingerprint density at radius 1 is 1.12 bits per heavy atom. The minimum Gasteiger partial charge on any atom is -0.368 e. The highest BCUT2D eigenvalue weighted by Crippen LogP contribution is 2.63. The van der Waals surface area contributed by atoms with Crippen LogP contribution in [-0.2, 0) is 9.47 Å². The molecule has 26 heavy (non-hydrogen) atoms. The summed E-state index contributed by atoms with van der Waals surface area (Å²) in [7, 11) is 0. The summed E-state index contributed by atoms with van der Waals surface area (Å²) >= 11 is 0. The molecule has 0 heterocycles. The van der Waals surface area contributed by atoms with E-state index >= 15 is 0 Å². The van der Waals surface area contributed by atoms with Gasteiger partial charge < -0.3 is 24.8 Å². The predicted molar refractivity (Wildman–Crippen MR) is 98.1 cm³/mol. The van der Waals surface area contributed by atoms with E-state index in [1.807, 2.05) is 20.8 Å². The van der Waals surface area contributed by atoms with E-state index < -0.39 is 12.6 Å². The molecule has 4 fully saturated rings. The molecule has 4 N–H and O–H groups in total. The molecular weight excluding hydrogens is 334 g/mol. The van der Waals surface area contributed by atoms with E-state index in [9.17, 15) is 15.3 Å². The number of aliphatic hydroxyl groups is 3. The molecule has 0 spiro atoms. The maximum atomic E-state index is 10.0. The second-order valence-electron chi connectivity index (χ2n) is 9.73. The highest BCUT2D eigenvalue weighted by atomic mass is 16.6. The van der Waals surface area contributed by atoms with Crippen molar-refractivity contribution in [3.8, 4) is 0 Å². The molecule has 0 aromatic heterocycles. The Hall–Kier alpha value is -0.240. The molecule has 4 saturated carbocycles. The molecule has 0 aliphatic heterocycles. The van der Waals surface area contributed by atoms with Crippen LogP contribution in [0.15, 0.2) is 0 Å². The maximum absolute atomic E-state index is 10.0. The van der Waals surface area contributed by atoms with Gasteiger partial charge in [0.05, 0.1) is 18.9 Å². The van der Waals surface area contributed by atoms with Crippen LogP contribution in [0.4, 0.5) is 0 Å². The Kier molecular flexibility index (Phi) is 6.03. The molecule has 6 nitrogen and oxygen atoms in total. The molecule has 4 bridgehead atoms. The zero-order valence-electron chi connectivity index (χ0n) is 16.5. The summed E-state index contributed by atoms with van der Waals surface area (Å²) in [6.45, 7) is 7.52. The van der Waals surface area contributed by atoms with Gasteiger partial charge in [-0.2, -0.15) is 0 Å². The standard InChI is InChI=1S/C20H37NO5/c1-4-18(2,3)17(24)25-6-5-21-13-26-20-10-14-7-15(11-20)9-19(8-14,12-20)16(22)23/h14-17,21-24H,4-13H2,1-3H3. The Bertz CT molecular complexity index is 467. The molecule has 152 valence electrons. The van der Waals surface area contributed by atoms with Gasteiger partial charge in [-0.3, -0.25) is 5.32 Å². The highest BCUT2D eigenvalue weighted by Gasteiger charge is 2.60. The minimum atomic E-state index is -1.24. The Balaban J connectivity index is 1.41. The van der Waals surface area contributed by atoms with Crippen molar-refractivity contribution < 1.29 is 24.8 Å². The first-order chi connectivity index (χ1) is 12.2. The van der Waals surface area contributed by atoms with Gasteiger partial charge in [-0.15, -0.1) is 0 Å². The second-order valence-corrected chi connectivity index (χ2v) is 9.73. The summed E-state index contributed by atoms with van der Waals surface area (Å²) in [5.74, 6) is 1.13. The SMILES string of the molecule is CCC(C)(C)C(O)OCCNCOC12CC3CC(C1)CC(C(O)O)(C3)C2. The molecule has 4 aliphatic carbocycles. The van der Waals surface area contributed by atoms with Gasteiger partial charge in [0.2, 0.25) is 0 Å². The molecule has 0 radical (unpaired) electrons. The lowest BCUT2D eigenvalue weighted by atomic mass is 9.47. The number of rotatable bonds is 10. The molecule has 0 aromatic carbocycles. The van der Waals surface area contributed by atoms with Crippen molar-refractivity contribution in [2.24, 2.45) is 22.7 Å². The van der Waals surface area contributed by atoms with Gasteiger partial charge in [0, 0.05) is 17.4 Å². The van der Waals surface area contributed by atoms with Crippen LogP contribution in [0, 0.1) is 22.7 Å². The molecule has 0 amide bonds. The lowest BCUT2D eigenvalue weighted by molar-refractivity contribution is -0.257. The third kappa shape index (κ3) is 4.10. The van der Waals surface area contributed by atoms with Gasteiger partial charge in [0.25, 0.3) is 0 Å². The Morgan fingerprint density at radius 2 is 1.77 bits per heavy atom. The van der Waals surface area contributed by atoms with Gasteiger partial charge in [0.1, 0.15) is 0 Å². The van der Waals surface area contributed by atoms with Crippen LogP contribution in [-0.4, -0.2) is 53.4 Å². The molecular formula is C20H37NO5. The molecule has 3 atom stereocenters. The van der Waals surface area contributed by atoms with E-state index in [0.717, 1.165) is 38.5 Å². The van der Waals surface area contributed by atoms with E-state index in [1.54, 1.807) is 0 Å². The topological polar surface area (TPSA) is 91.2 Å². The van der Waals surface area contributed by atoms with Crippen LogP contribution in [0.5, 0.6) is 0 Å². The fraction of sp³-hybridized carbons (Fsp3) is 1.00. The van der Waals surface area contributed by atoms with Crippen LogP contribution < -0.4 is 5.32 Å². The van der Waals surface area contributed by atoms with Crippen molar-refractivity contribution in [2.45, 2.75) is 83.9 Å². The van der Waals surface area contributed by atoms with Crippen molar-refractivity contribution >= 4 is 0 Å². The predicted octanol–water partition coefficient (Wildman–Crippen LogP) is 1.97. The molecule has 4 rings (SSSR count). The van der Waals surface area contributed by atoms with Gasteiger partial charge in [-0.05, 0) is 56.8 Å². The van der Waals surface area contributed by atoms with E-state index in [4.69, 9.17) is 9.47 Å². The van der Waals surface area contributed by atoms with E-state index in [1.165, 1.54) is 6.42 Å². The zero-order chi connectivity index (χ0) is 19.0. The Morgan fingerprint density at radius 3 is 2.35 bits per heavy atom. The number of hydrogen-bond donors (Lipinski definition) is 4. The number of ether oxygens (including phenoxy) is 2. The monoisotopic (exact) mass is 371 g/mol. The molecule has 0 aromatic rings. The number of nitrogens with one attached hydrogen (secondary N) is 1. The summed E-state index contributed by atoms with van der Waals surface area (Å²) < 4.78 is 11.8. The summed E-state index contributed by atoms with van der Waals surface area (Å²) in [5, 5.41) is 33.2. The van der Waals surface area contributed by atoms with Gasteiger partial charge in [-0.1, -0.05) is 20.8 Å². The molecule has 4 aliphatic rings. The van der Waals surface area contributed by atoms with Gasteiger partial charge in [0.15, 0.2) is 12.6 Å². The minimum absolute atomic E-state index is 0.203. The molecule has 0 saturated heterocycles. The van der Waals surface area contributed by atoms with Crippen molar-refractivity contribution in [3.63, 3.8) is 0 Å². The lowest BCUT2D eigenvalue weighted by Gasteiger charge is -2.62. The van der Waals surface area contributed by atoms with Crippen molar-refractivity contribution in [1.29, 1.82) is 0 Å². The molecule has 3 unspecified atom stereocenters. The van der Waals surface area contributed by atoms with E-state index in [2.05, 4.69) is 5.32 Å². The normalized spacial score (nSPS) is 37.5. The molecule has 6 heteroatoms. The van der Waals surface area contributed by atoms with Crippen molar-refractivity contribution in [3.05, 3.63) is 0 Å². The van der Waals surface area contributed by atoms with Crippen LogP contribution in [0.1, 0.15) is 65.7 Å². The largest absolute Gasteiger partial charge is 0.368 e. The summed E-state index contributed by atoms with van der Waals surface area (Å²) in [6.07, 6.45) is 4.77. The highest BCUT2D eigenvalue weighted by molar-refractivity contribution is 5.09.